The SMILES string of the molecule is Cc1ccc(C)c(C(=O)N2CCC(OCCCN)CC2)c1. The Bertz CT molecular complexity index is 480. The van der Waals surface area contributed by atoms with E-state index in [-0.39, 0.29) is 12.0 Å². The number of aryl methyl sites for hydroxylation is 2. The van der Waals surface area contributed by atoms with Crippen LogP contribution in [0.3, 0.4) is 0 Å². The van der Waals surface area contributed by atoms with Gasteiger partial charge in [-0.2, -0.15) is 0 Å². The van der Waals surface area contributed by atoms with Crippen molar-refractivity contribution in [2.75, 3.05) is 26.2 Å². The summed E-state index contributed by atoms with van der Waals surface area (Å²) >= 11 is 0. The lowest BCUT2D eigenvalue weighted by Crippen LogP contribution is -2.41. The quantitative estimate of drug-likeness (QED) is 0.846. The van der Waals surface area contributed by atoms with E-state index in [9.17, 15) is 4.79 Å². The number of ether oxygens (including phenoxy) is 1. The lowest BCUT2D eigenvalue weighted by Gasteiger charge is -2.32. The molecule has 0 spiro atoms. The largest absolute Gasteiger partial charge is 0.378 e. The number of nitrogens with zero attached hydrogens (tertiary/aromatic N) is 1. The molecule has 2 N–H and O–H groups in total. The summed E-state index contributed by atoms with van der Waals surface area (Å²) in [5.74, 6) is 0.150. The van der Waals surface area contributed by atoms with Gasteiger partial charge in [-0.25, -0.2) is 0 Å². The molecule has 1 aromatic rings. The van der Waals surface area contributed by atoms with Crippen molar-refractivity contribution in [2.24, 2.45) is 5.73 Å². The Kier molecular flexibility index (Phi) is 5.76. The highest BCUT2D eigenvalue weighted by Crippen LogP contribution is 2.19. The molecule has 2 rings (SSSR count). The first-order valence-corrected chi connectivity index (χ1v) is 7.80. The summed E-state index contributed by atoms with van der Waals surface area (Å²) in [5, 5.41) is 0. The Morgan fingerprint density at radius 3 is 2.71 bits per heavy atom. The predicted octanol–water partition coefficient (Wildman–Crippen LogP) is 2.27. The van der Waals surface area contributed by atoms with Crippen LogP contribution in [0.25, 0.3) is 0 Å². The molecule has 0 saturated carbocycles. The van der Waals surface area contributed by atoms with Gasteiger partial charge in [0.15, 0.2) is 0 Å². The van der Waals surface area contributed by atoms with Crippen molar-refractivity contribution in [1.29, 1.82) is 0 Å². The third-order valence-corrected chi connectivity index (χ3v) is 4.05. The summed E-state index contributed by atoms with van der Waals surface area (Å²) in [6.45, 7) is 6.97. The number of hydrogen-bond donors (Lipinski definition) is 1. The molecule has 1 aliphatic rings. The summed E-state index contributed by atoms with van der Waals surface area (Å²) in [6, 6.07) is 6.05. The smallest absolute Gasteiger partial charge is 0.254 e. The minimum atomic E-state index is 0.150. The topological polar surface area (TPSA) is 55.6 Å². The zero-order chi connectivity index (χ0) is 15.2. The van der Waals surface area contributed by atoms with E-state index < -0.39 is 0 Å². The van der Waals surface area contributed by atoms with E-state index in [1.54, 1.807) is 0 Å². The third kappa shape index (κ3) is 4.29. The van der Waals surface area contributed by atoms with Crippen LogP contribution >= 0.6 is 0 Å². The van der Waals surface area contributed by atoms with Gasteiger partial charge < -0.3 is 15.4 Å². The van der Waals surface area contributed by atoms with Crippen LogP contribution in [0.1, 0.15) is 40.7 Å². The maximum Gasteiger partial charge on any atom is 0.254 e. The molecule has 0 aromatic heterocycles. The molecule has 0 aliphatic carbocycles. The van der Waals surface area contributed by atoms with E-state index in [0.29, 0.717) is 6.54 Å². The number of benzene rings is 1. The predicted molar refractivity (Wildman–Crippen MR) is 84.5 cm³/mol. The van der Waals surface area contributed by atoms with Crippen molar-refractivity contribution in [1.82, 2.24) is 4.90 Å². The molecule has 4 heteroatoms. The fourth-order valence-corrected chi connectivity index (χ4v) is 2.70. The molecule has 1 aliphatic heterocycles. The first kappa shape index (κ1) is 16.0. The number of piperidine rings is 1. The van der Waals surface area contributed by atoms with Gasteiger partial charge in [0.05, 0.1) is 6.10 Å². The first-order valence-electron chi connectivity index (χ1n) is 7.80. The molecule has 4 nitrogen and oxygen atoms in total. The molecular weight excluding hydrogens is 264 g/mol. The monoisotopic (exact) mass is 290 g/mol. The molecule has 1 aromatic carbocycles. The van der Waals surface area contributed by atoms with Crippen molar-refractivity contribution >= 4 is 5.91 Å². The van der Waals surface area contributed by atoms with Crippen LogP contribution in [-0.2, 0) is 4.74 Å². The van der Waals surface area contributed by atoms with Gasteiger partial charge in [0.2, 0.25) is 0 Å². The lowest BCUT2D eigenvalue weighted by molar-refractivity contribution is 0.00843. The molecule has 0 bridgehead atoms. The molecular formula is C17H26N2O2. The normalized spacial score (nSPS) is 16.2. The van der Waals surface area contributed by atoms with Crippen LogP contribution in [0, 0.1) is 13.8 Å². The van der Waals surface area contributed by atoms with Gasteiger partial charge in [0, 0.05) is 25.3 Å². The van der Waals surface area contributed by atoms with Crippen LogP contribution < -0.4 is 5.73 Å². The van der Waals surface area contributed by atoms with E-state index >= 15 is 0 Å². The van der Waals surface area contributed by atoms with Crippen molar-refractivity contribution in [3.05, 3.63) is 34.9 Å². The molecule has 21 heavy (non-hydrogen) atoms. The molecule has 1 saturated heterocycles. The third-order valence-electron chi connectivity index (χ3n) is 4.05. The Morgan fingerprint density at radius 2 is 2.05 bits per heavy atom. The fraction of sp³-hybridized carbons (Fsp3) is 0.588. The van der Waals surface area contributed by atoms with E-state index in [2.05, 4.69) is 0 Å². The van der Waals surface area contributed by atoms with Gasteiger partial charge >= 0.3 is 0 Å². The van der Waals surface area contributed by atoms with Crippen LogP contribution in [0.15, 0.2) is 18.2 Å². The Hall–Kier alpha value is -1.39. The summed E-state index contributed by atoms with van der Waals surface area (Å²) in [6.07, 6.45) is 3.02. The zero-order valence-corrected chi connectivity index (χ0v) is 13.1. The van der Waals surface area contributed by atoms with Crippen molar-refractivity contribution in [2.45, 2.75) is 39.2 Å². The molecule has 0 radical (unpaired) electrons. The minimum absolute atomic E-state index is 0.150. The van der Waals surface area contributed by atoms with Gasteiger partial charge in [-0.15, -0.1) is 0 Å². The zero-order valence-electron chi connectivity index (χ0n) is 13.1. The van der Waals surface area contributed by atoms with E-state index in [4.69, 9.17) is 10.5 Å². The number of rotatable bonds is 5. The summed E-state index contributed by atoms with van der Waals surface area (Å²) in [7, 11) is 0. The Morgan fingerprint density at radius 1 is 1.33 bits per heavy atom. The van der Waals surface area contributed by atoms with Crippen molar-refractivity contribution < 1.29 is 9.53 Å². The molecule has 1 fully saturated rings. The minimum Gasteiger partial charge on any atom is -0.378 e. The van der Waals surface area contributed by atoms with Crippen LogP contribution in [-0.4, -0.2) is 43.2 Å². The van der Waals surface area contributed by atoms with Gasteiger partial charge in [-0.3, -0.25) is 4.79 Å². The summed E-state index contributed by atoms with van der Waals surface area (Å²) in [4.78, 5) is 14.6. The Labute approximate surface area is 127 Å². The van der Waals surface area contributed by atoms with E-state index in [0.717, 1.165) is 55.6 Å². The highest BCUT2D eigenvalue weighted by atomic mass is 16.5. The maximum atomic E-state index is 12.6. The fourth-order valence-electron chi connectivity index (χ4n) is 2.70. The Balaban J connectivity index is 1.89. The highest BCUT2D eigenvalue weighted by Gasteiger charge is 2.24. The van der Waals surface area contributed by atoms with Crippen LogP contribution in [0.5, 0.6) is 0 Å². The average molecular weight is 290 g/mol. The van der Waals surface area contributed by atoms with Crippen molar-refractivity contribution in [3.8, 4) is 0 Å². The molecule has 0 unspecified atom stereocenters. The highest BCUT2D eigenvalue weighted by molar-refractivity contribution is 5.95. The van der Waals surface area contributed by atoms with E-state index in [1.165, 1.54) is 0 Å². The van der Waals surface area contributed by atoms with Crippen LogP contribution in [0.4, 0.5) is 0 Å². The first-order chi connectivity index (χ1) is 10.1. The van der Waals surface area contributed by atoms with E-state index in [1.807, 2.05) is 36.9 Å². The number of nitrogens with two attached hydrogens (primary N) is 1. The standard InChI is InChI=1S/C17H26N2O2/c1-13-4-5-14(2)16(12-13)17(20)19-9-6-15(7-10-19)21-11-3-8-18/h4-5,12,15H,3,6-11,18H2,1-2H3. The number of carbonyl (C=O) groups excluding carboxylic acids is 1. The molecule has 1 amide bonds. The second-order valence-corrected chi connectivity index (χ2v) is 5.82. The number of carbonyl (C=O) groups is 1. The summed E-state index contributed by atoms with van der Waals surface area (Å²) < 4.78 is 5.78. The number of hydrogen-bond acceptors (Lipinski definition) is 3. The molecule has 0 atom stereocenters. The molecule has 116 valence electrons. The number of likely N-dealkylation sites (tertiary alicyclic amines) is 1. The molecule has 1 heterocycles. The van der Waals surface area contributed by atoms with Crippen LogP contribution in [0.2, 0.25) is 0 Å². The van der Waals surface area contributed by atoms with Gasteiger partial charge in [-0.1, -0.05) is 17.7 Å². The van der Waals surface area contributed by atoms with Crippen molar-refractivity contribution in [3.63, 3.8) is 0 Å². The maximum absolute atomic E-state index is 12.6. The number of amides is 1. The second kappa shape index (κ2) is 7.57. The lowest BCUT2D eigenvalue weighted by atomic mass is 10.0. The average Bonchev–Trinajstić information content (AvgIpc) is 2.50. The summed E-state index contributed by atoms with van der Waals surface area (Å²) in [5.41, 5.74) is 8.47. The van der Waals surface area contributed by atoms with Gasteiger partial charge in [-0.05, 0) is 51.3 Å². The van der Waals surface area contributed by atoms with Gasteiger partial charge in [0.1, 0.15) is 0 Å². The van der Waals surface area contributed by atoms with Gasteiger partial charge in [0.25, 0.3) is 5.91 Å². The second-order valence-electron chi connectivity index (χ2n) is 5.82.